The van der Waals surface area contributed by atoms with Crippen molar-refractivity contribution >= 4 is 13.1 Å². The molecule has 2 rings (SSSR count). The number of benzene rings is 2. The molecule has 13 heteroatoms. The molecule has 0 saturated heterocycles. The number of hydrogen-bond donors (Lipinski definition) is 1. The average Bonchev–Trinajstić information content (AvgIpc) is 3.45. The van der Waals surface area contributed by atoms with Crippen molar-refractivity contribution in [1.29, 1.82) is 0 Å². The van der Waals surface area contributed by atoms with Crippen molar-refractivity contribution in [2.45, 2.75) is 304 Å². The molecule has 2 aromatic rings. The Morgan fingerprint density at radius 2 is 0.713 bits per heavy atom. The number of halogens is 11. The summed E-state index contributed by atoms with van der Waals surface area (Å²) >= 11 is -1.64. The molecule has 1 nitrogen and oxygen atoms in total. The quantitative estimate of drug-likeness (QED) is 0.0224. The van der Waals surface area contributed by atoms with Crippen molar-refractivity contribution in [3.63, 3.8) is 0 Å². The number of unbranched alkanes of at least 4 members (excludes halogenated alkanes) is 7. The first-order valence-electron chi connectivity index (χ1n) is 32.8. The molecule has 0 spiro atoms. The van der Waals surface area contributed by atoms with Crippen LogP contribution in [-0.2, 0) is 6.18 Å². The van der Waals surface area contributed by atoms with E-state index in [0.29, 0.717) is 6.92 Å². The standard InChI is InChI=1S/C17H37N.C14H3F11.4C9H19.Al/c1-5-8-9-10-14-18-15-16(4)12-13-17(7-3)11-6-2;1-2-3(4-7(16)11(20)13(22)12(21)8(4)17)5(14(23,24)25)9(18)10(19)6(2)15;4*1-4-7-8-9(5-2)6-3;/h16-18H,5-15H2,1-4H3;1H3;4*9H,2,4-8H2,1,3H3;/q;;;;;;-1/p+1. The molecule has 0 aromatic heterocycles. The fraction of sp³-hybridized carbons (Fsp3) is 0.821. The Labute approximate surface area is 485 Å². The molecule has 0 bridgehead atoms. The van der Waals surface area contributed by atoms with Gasteiger partial charge >= 0.3 is 6.18 Å². The summed E-state index contributed by atoms with van der Waals surface area (Å²) < 4.78 is 146. The van der Waals surface area contributed by atoms with Gasteiger partial charge in [0.05, 0.1) is 18.7 Å². The van der Waals surface area contributed by atoms with E-state index in [2.05, 4.69) is 88.4 Å². The Hall–Kier alpha value is -1.84. The van der Waals surface area contributed by atoms with Crippen LogP contribution in [0.5, 0.6) is 0 Å². The summed E-state index contributed by atoms with van der Waals surface area (Å²) in [7, 11) is 0. The van der Waals surface area contributed by atoms with E-state index in [-0.39, 0.29) is 0 Å². The summed E-state index contributed by atoms with van der Waals surface area (Å²) in [5.41, 5.74) is -8.45. The third-order valence-corrected chi connectivity index (χ3v) is 24.6. The van der Waals surface area contributed by atoms with Gasteiger partial charge in [-0.2, -0.15) is 34.3 Å². The minimum atomic E-state index is -5.83. The third-order valence-electron chi connectivity index (χ3n) is 18.4. The normalized spacial score (nSPS) is 14.8. The van der Waals surface area contributed by atoms with Gasteiger partial charge in [0.2, 0.25) is 5.82 Å². The first-order chi connectivity index (χ1) is 38.0. The molecule has 470 valence electrons. The predicted molar refractivity (Wildman–Crippen MR) is 321 cm³/mol. The summed E-state index contributed by atoms with van der Waals surface area (Å²) in [6, 6.07) is 0. The Morgan fingerprint density at radius 3 is 1.05 bits per heavy atom. The minimum Gasteiger partial charge on any atom is -0.346 e. The number of nitrogens with two attached hydrogens (primary N) is 1. The molecule has 0 heterocycles. The van der Waals surface area contributed by atoms with Crippen molar-refractivity contribution < 1.29 is 53.6 Å². The molecule has 0 amide bonds. The molecule has 0 aliphatic heterocycles. The molecule has 0 saturated carbocycles. The van der Waals surface area contributed by atoms with Crippen LogP contribution in [0.25, 0.3) is 11.1 Å². The van der Waals surface area contributed by atoms with Gasteiger partial charge in [0.25, 0.3) is 0 Å². The summed E-state index contributed by atoms with van der Waals surface area (Å²) in [5.74, 6) is -15.3. The Balaban J connectivity index is 0.00000125. The van der Waals surface area contributed by atoms with Crippen LogP contribution >= 0.6 is 0 Å². The molecule has 0 radical (unpaired) electrons. The molecule has 0 aliphatic rings. The third kappa shape index (κ3) is 28.8. The highest BCUT2D eigenvalue weighted by Crippen LogP contribution is 2.46. The lowest BCUT2D eigenvalue weighted by Gasteiger charge is -2.41. The number of quaternary nitrogens is 1. The van der Waals surface area contributed by atoms with Gasteiger partial charge in [0.15, 0.2) is 40.7 Å². The fourth-order valence-electron chi connectivity index (χ4n) is 12.3. The van der Waals surface area contributed by atoms with Crippen LogP contribution < -0.4 is 5.32 Å². The highest BCUT2D eigenvalue weighted by atomic mass is 27.2. The first kappa shape index (κ1) is 78.2. The highest BCUT2D eigenvalue weighted by Gasteiger charge is 2.43. The smallest absolute Gasteiger partial charge is 0.346 e. The topological polar surface area (TPSA) is 16.6 Å². The maximum atomic E-state index is 13.8. The van der Waals surface area contributed by atoms with E-state index in [1.807, 2.05) is 0 Å². The fourth-order valence-corrected chi connectivity index (χ4v) is 18.7. The van der Waals surface area contributed by atoms with E-state index in [0.717, 1.165) is 35.5 Å². The lowest BCUT2D eigenvalue weighted by Crippen LogP contribution is -2.85. The van der Waals surface area contributed by atoms with Crippen LogP contribution in [0.1, 0.15) is 280 Å². The molecule has 0 aliphatic carbocycles. The van der Waals surface area contributed by atoms with E-state index in [4.69, 9.17) is 0 Å². The monoisotopic (exact) mass is 1170 g/mol. The molecule has 0 fully saturated rings. The van der Waals surface area contributed by atoms with Gasteiger partial charge in [-0.3, -0.25) is 0 Å². The van der Waals surface area contributed by atoms with E-state index in [1.165, 1.54) is 174 Å². The lowest BCUT2D eigenvalue weighted by atomic mass is 9.91. The van der Waals surface area contributed by atoms with Crippen LogP contribution in [0.3, 0.4) is 0 Å². The maximum absolute atomic E-state index is 13.8. The van der Waals surface area contributed by atoms with E-state index in [1.54, 1.807) is 46.8 Å². The van der Waals surface area contributed by atoms with Crippen molar-refractivity contribution in [1.82, 2.24) is 0 Å². The van der Waals surface area contributed by atoms with Crippen molar-refractivity contribution in [3.05, 3.63) is 57.7 Å². The van der Waals surface area contributed by atoms with Gasteiger partial charge in [-0.1, -0.05) is 244 Å². The minimum absolute atomic E-state index is 0.362. The van der Waals surface area contributed by atoms with Crippen LogP contribution in [0, 0.1) is 89.0 Å². The SMILES string of the molecule is CCCCC(CC)C[CH2][Al-]([CH2]CC(CC)CCCC)([CH2]CC(CC)CCCC)[CH2]CC(CC)CCCC.CCCCCC[NH2+]CC(C)CCC(CC)CCC.Cc1c(F)c(F)c(F)c(C(F)(F)F)c1-c1c(F)c(F)c(F)c(F)c1F. The first-order valence-corrected chi connectivity index (χ1v) is 36.1. The Bertz CT molecular complexity index is 1770. The summed E-state index contributed by atoms with van der Waals surface area (Å²) in [5, 5.41) is 9.30. The zero-order chi connectivity index (χ0) is 60.8. The largest absolute Gasteiger partial charge is 0.419 e. The van der Waals surface area contributed by atoms with Crippen LogP contribution in [0.15, 0.2) is 0 Å². The number of hydrogen-bond acceptors (Lipinski definition) is 0. The summed E-state index contributed by atoms with van der Waals surface area (Å²) in [6.07, 6.45) is 36.1. The zero-order valence-corrected chi connectivity index (χ0v) is 54.2. The molecule has 6 atom stereocenters. The Kier molecular flexibility index (Phi) is 43.6. The van der Waals surface area contributed by atoms with Gasteiger partial charge in [-0.25, -0.2) is 35.1 Å². The van der Waals surface area contributed by atoms with Crippen molar-refractivity contribution in [2.75, 3.05) is 13.1 Å². The average molecular weight is 1170 g/mol. The van der Waals surface area contributed by atoms with E-state index >= 15 is 0 Å². The van der Waals surface area contributed by atoms with E-state index in [9.17, 15) is 48.3 Å². The zero-order valence-electron chi connectivity index (χ0n) is 53.0. The van der Waals surface area contributed by atoms with Crippen LogP contribution in [-0.4, -0.2) is 26.2 Å². The predicted octanol–water partition coefficient (Wildman–Crippen LogP) is 24.0. The van der Waals surface area contributed by atoms with Gasteiger partial charge < -0.3 is 5.32 Å². The Morgan fingerprint density at radius 1 is 0.362 bits per heavy atom. The van der Waals surface area contributed by atoms with Gasteiger partial charge in [-0.15, -0.1) is 0 Å². The summed E-state index contributed by atoms with van der Waals surface area (Å²) in [6.45, 7) is 31.9. The van der Waals surface area contributed by atoms with Gasteiger partial charge in [0.1, 0.15) is 18.6 Å². The molecule has 2 aromatic carbocycles. The van der Waals surface area contributed by atoms with Crippen molar-refractivity contribution in [3.8, 4) is 11.1 Å². The molecule has 80 heavy (non-hydrogen) atoms. The molecule has 2 N–H and O–H groups in total. The van der Waals surface area contributed by atoms with Gasteiger partial charge in [0, 0.05) is 11.5 Å². The second-order valence-corrected chi connectivity index (χ2v) is 30.4. The van der Waals surface area contributed by atoms with Crippen LogP contribution in [0.2, 0.25) is 21.1 Å². The lowest BCUT2D eigenvalue weighted by molar-refractivity contribution is -0.660. The summed E-state index contributed by atoms with van der Waals surface area (Å²) in [4.78, 5) is 0. The molecular weight excluding hydrogens is 1050 g/mol. The number of alkyl halides is 3. The molecular formula is C67H117AlF11N. The highest BCUT2D eigenvalue weighted by molar-refractivity contribution is 6.79. The molecule has 6 unspecified atom stereocenters. The maximum Gasteiger partial charge on any atom is 0.419 e. The second kappa shape index (κ2) is 44.6. The van der Waals surface area contributed by atoms with Crippen molar-refractivity contribution in [2.24, 2.45) is 35.5 Å². The second-order valence-electron chi connectivity index (χ2n) is 24.6. The van der Waals surface area contributed by atoms with Crippen LogP contribution in [0.4, 0.5) is 48.3 Å². The number of rotatable bonds is 42. The van der Waals surface area contributed by atoms with E-state index < -0.39 is 88.0 Å². The van der Waals surface area contributed by atoms with Gasteiger partial charge in [-0.05, 0) is 67.8 Å².